The van der Waals surface area contributed by atoms with Gasteiger partial charge in [-0.2, -0.15) is 0 Å². The van der Waals surface area contributed by atoms with Crippen LogP contribution >= 0.6 is 0 Å². The van der Waals surface area contributed by atoms with Crippen molar-refractivity contribution in [3.8, 4) is 0 Å². The molecule has 3 N–H and O–H groups in total. The number of anilines is 1. The molecule has 0 amide bonds. The molecule has 0 spiro atoms. The number of rotatable bonds is 7. The predicted octanol–water partition coefficient (Wildman–Crippen LogP) is 5.65. The summed E-state index contributed by atoms with van der Waals surface area (Å²) in [6, 6.07) is 9.72. The van der Waals surface area contributed by atoms with Crippen molar-refractivity contribution in [1.29, 1.82) is 0 Å². The Labute approximate surface area is 221 Å². The molecule has 3 heterocycles. The van der Waals surface area contributed by atoms with Gasteiger partial charge in [-0.15, -0.1) is 0 Å². The van der Waals surface area contributed by atoms with Crippen molar-refractivity contribution in [2.45, 2.75) is 96.7 Å². The number of carbonyl (C=O) groups is 1. The summed E-state index contributed by atoms with van der Waals surface area (Å²) < 4.78 is 11.7. The third-order valence-electron chi connectivity index (χ3n) is 6.47. The molecule has 0 bridgehead atoms. The quantitative estimate of drug-likeness (QED) is 0.460. The van der Waals surface area contributed by atoms with E-state index in [-0.39, 0.29) is 17.0 Å². The fraction of sp³-hybridized carbons (Fsp3) is 0.607. The minimum absolute atomic E-state index is 0.0188. The van der Waals surface area contributed by atoms with Crippen molar-refractivity contribution in [1.82, 2.24) is 14.9 Å². The van der Waals surface area contributed by atoms with E-state index in [1.165, 1.54) is 18.9 Å². The molecular formula is C28H47N5O2S. The number of aldehydes is 1. The van der Waals surface area contributed by atoms with E-state index in [1.54, 1.807) is 6.07 Å². The van der Waals surface area contributed by atoms with Crippen molar-refractivity contribution >= 4 is 23.1 Å². The van der Waals surface area contributed by atoms with Crippen LogP contribution in [0.3, 0.4) is 0 Å². The zero-order valence-electron chi connectivity index (χ0n) is 23.7. The van der Waals surface area contributed by atoms with E-state index in [0.29, 0.717) is 16.8 Å². The minimum atomic E-state index is -1.60. The maximum absolute atomic E-state index is 11.7. The summed E-state index contributed by atoms with van der Waals surface area (Å²) in [7, 11) is 0.610. The molecule has 36 heavy (non-hydrogen) atoms. The zero-order chi connectivity index (χ0) is 27.5. The van der Waals surface area contributed by atoms with Gasteiger partial charge in [0.2, 0.25) is 0 Å². The summed E-state index contributed by atoms with van der Waals surface area (Å²) in [6.45, 7) is 17.8. The lowest BCUT2D eigenvalue weighted by atomic mass is 9.86. The lowest BCUT2D eigenvalue weighted by Crippen LogP contribution is -2.34. The van der Waals surface area contributed by atoms with Crippen molar-refractivity contribution in [3.05, 3.63) is 47.8 Å². The Morgan fingerprint density at radius 2 is 1.92 bits per heavy atom. The van der Waals surface area contributed by atoms with E-state index < -0.39 is 11.0 Å². The van der Waals surface area contributed by atoms with E-state index >= 15 is 0 Å². The van der Waals surface area contributed by atoms with Gasteiger partial charge in [-0.3, -0.25) is 4.98 Å². The molecule has 0 aliphatic carbocycles. The van der Waals surface area contributed by atoms with Gasteiger partial charge in [0, 0.05) is 18.3 Å². The molecule has 1 aliphatic heterocycles. The van der Waals surface area contributed by atoms with Crippen LogP contribution in [0.4, 0.5) is 5.82 Å². The summed E-state index contributed by atoms with van der Waals surface area (Å²) in [4.78, 5) is 20.4. The van der Waals surface area contributed by atoms with E-state index in [0.717, 1.165) is 31.4 Å². The second-order valence-corrected chi connectivity index (χ2v) is 11.7. The van der Waals surface area contributed by atoms with Gasteiger partial charge in [0.05, 0.1) is 11.7 Å². The molecule has 1 aliphatic rings. The van der Waals surface area contributed by atoms with Crippen LogP contribution < -0.4 is 10.5 Å². The summed E-state index contributed by atoms with van der Waals surface area (Å²) >= 11 is 0. The van der Waals surface area contributed by atoms with Gasteiger partial charge >= 0.3 is 0 Å². The first kappa shape index (κ1) is 31.9. The fourth-order valence-corrected chi connectivity index (χ4v) is 4.74. The maximum atomic E-state index is 11.7. The number of carbonyl (C=O) groups excluding carboxylic acids is 1. The smallest absolute Gasteiger partial charge is 0.144 e. The maximum Gasteiger partial charge on any atom is 0.144 e. The molecule has 7 nitrogen and oxygen atoms in total. The molecule has 2 aromatic rings. The SMILES string of the molecule is CC.CC=O.CN1CC(CCC(Nc2cccc(S(N)=O)n2)c2cc(C(C)(C)C)ccn2)CC1(C)C. The number of likely N-dealkylation sites (tertiary alicyclic amines) is 1. The molecule has 0 radical (unpaired) electrons. The van der Waals surface area contributed by atoms with Crippen molar-refractivity contribution < 1.29 is 9.00 Å². The Balaban J connectivity index is 0.00000120. The average Bonchev–Trinajstić information content (AvgIpc) is 3.09. The molecule has 1 saturated heterocycles. The molecule has 1 fully saturated rings. The second-order valence-electron chi connectivity index (χ2n) is 10.7. The number of nitrogens with zero attached hydrogens (tertiary/aromatic N) is 3. The second kappa shape index (κ2) is 14.5. The van der Waals surface area contributed by atoms with Crippen LogP contribution in [0, 0.1) is 5.92 Å². The molecule has 202 valence electrons. The molecular weight excluding hydrogens is 470 g/mol. The molecule has 0 aromatic carbocycles. The largest absolute Gasteiger partial charge is 0.362 e. The Kier molecular flexibility index (Phi) is 12.9. The highest BCUT2D eigenvalue weighted by Crippen LogP contribution is 2.36. The number of nitrogens with two attached hydrogens (primary N) is 1. The first-order valence-corrected chi connectivity index (χ1v) is 14.1. The van der Waals surface area contributed by atoms with E-state index in [2.05, 4.69) is 69.0 Å². The monoisotopic (exact) mass is 517 g/mol. The topological polar surface area (TPSA) is 101 Å². The molecule has 2 aromatic heterocycles. The van der Waals surface area contributed by atoms with Crippen LogP contribution in [0.5, 0.6) is 0 Å². The highest BCUT2D eigenvalue weighted by atomic mass is 32.2. The Morgan fingerprint density at radius 3 is 2.44 bits per heavy atom. The molecule has 8 heteroatoms. The van der Waals surface area contributed by atoms with Crippen LogP contribution in [0.15, 0.2) is 41.6 Å². The van der Waals surface area contributed by atoms with Crippen molar-refractivity contribution in [2.75, 3.05) is 18.9 Å². The van der Waals surface area contributed by atoms with Crippen LogP contribution in [-0.2, 0) is 21.2 Å². The number of hydrogen-bond donors (Lipinski definition) is 2. The number of pyridine rings is 2. The fourth-order valence-electron chi connectivity index (χ4n) is 4.34. The third kappa shape index (κ3) is 9.71. The summed E-state index contributed by atoms with van der Waals surface area (Å²) in [5.74, 6) is 1.33. The zero-order valence-corrected chi connectivity index (χ0v) is 24.5. The number of aromatic nitrogens is 2. The van der Waals surface area contributed by atoms with Crippen molar-refractivity contribution in [3.63, 3.8) is 0 Å². The lowest BCUT2D eigenvalue weighted by molar-refractivity contribution is -0.106. The highest BCUT2D eigenvalue weighted by molar-refractivity contribution is 7.82. The van der Waals surface area contributed by atoms with E-state index in [4.69, 9.17) is 14.9 Å². The van der Waals surface area contributed by atoms with Crippen LogP contribution in [-0.4, -0.2) is 44.5 Å². The van der Waals surface area contributed by atoms with Gasteiger partial charge in [0.1, 0.15) is 28.1 Å². The Morgan fingerprint density at radius 1 is 1.28 bits per heavy atom. The summed E-state index contributed by atoms with van der Waals surface area (Å²) in [6.07, 6.45) is 5.91. The van der Waals surface area contributed by atoms with Gasteiger partial charge in [-0.1, -0.05) is 40.7 Å². The van der Waals surface area contributed by atoms with Gasteiger partial charge < -0.3 is 15.0 Å². The van der Waals surface area contributed by atoms with Crippen molar-refractivity contribution in [2.24, 2.45) is 11.1 Å². The molecule has 0 saturated carbocycles. The predicted molar refractivity (Wildman–Crippen MR) is 151 cm³/mol. The van der Waals surface area contributed by atoms with Gasteiger partial charge in [0.25, 0.3) is 0 Å². The lowest BCUT2D eigenvalue weighted by Gasteiger charge is -2.26. The Hall–Kier alpha value is -2.16. The highest BCUT2D eigenvalue weighted by Gasteiger charge is 2.35. The average molecular weight is 518 g/mol. The first-order valence-electron chi connectivity index (χ1n) is 12.8. The van der Waals surface area contributed by atoms with Crippen LogP contribution in [0.1, 0.15) is 92.0 Å². The first-order chi connectivity index (χ1) is 16.9. The van der Waals surface area contributed by atoms with Gasteiger partial charge in [-0.05, 0) is 88.2 Å². The summed E-state index contributed by atoms with van der Waals surface area (Å²) in [5, 5.41) is 9.46. The third-order valence-corrected chi connectivity index (χ3v) is 7.11. The molecule has 3 atom stereocenters. The molecule has 3 rings (SSSR count). The number of hydrogen-bond acceptors (Lipinski definition) is 6. The Bertz CT molecular complexity index is 974. The number of nitrogens with one attached hydrogen (secondary N) is 1. The van der Waals surface area contributed by atoms with Gasteiger partial charge in [-0.25, -0.2) is 14.3 Å². The van der Waals surface area contributed by atoms with Crippen LogP contribution in [0.2, 0.25) is 0 Å². The summed E-state index contributed by atoms with van der Waals surface area (Å²) in [5.41, 5.74) is 2.57. The van der Waals surface area contributed by atoms with Gasteiger partial charge in [0.15, 0.2) is 0 Å². The molecule has 3 unspecified atom stereocenters. The van der Waals surface area contributed by atoms with Crippen LogP contribution in [0.25, 0.3) is 0 Å². The van der Waals surface area contributed by atoms with E-state index in [1.807, 2.05) is 32.2 Å². The van der Waals surface area contributed by atoms with E-state index in [9.17, 15) is 4.21 Å². The standard InChI is InChI=1S/C24H37N5OS.C2H4O.C2H6/c1-23(2,3)18-12-13-26-20(14-18)19(11-10-17-15-24(4,5)29(6)16-17)27-21-8-7-9-22(28-21)31(25)30;1-2-3;1-2/h7-9,12-14,17,19H,10-11,15-16,25H2,1-6H3,(H,27,28);2H,1H3;1-2H3. The minimum Gasteiger partial charge on any atom is -0.362 e. The normalized spacial score (nSPS) is 18.7.